The molecule has 1 aliphatic rings. The highest BCUT2D eigenvalue weighted by Gasteiger charge is 2.16. The molecule has 9 nitrogen and oxygen atoms in total. The first kappa shape index (κ1) is 24.9. The Morgan fingerprint density at radius 1 is 1.14 bits per heavy atom. The fourth-order valence-corrected chi connectivity index (χ4v) is 4.76. The van der Waals surface area contributed by atoms with E-state index in [2.05, 4.69) is 20.5 Å². The molecule has 4 aromatic rings. The van der Waals surface area contributed by atoms with Gasteiger partial charge in [0.2, 0.25) is 0 Å². The predicted molar refractivity (Wildman–Crippen MR) is 147 cm³/mol. The Balaban J connectivity index is 1.35. The summed E-state index contributed by atoms with van der Waals surface area (Å²) >= 11 is 1.58. The first-order valence-corrected chi connectivity index (χ1v) is 13.1. The average Bonchev–Trinajstić information content (AvgIpc) is 3.37. The largest absolute Gasteiger partial charge is 0.484 e. The minimum Gasteiger partial charge on any atom is -0.484 e. The number of carbonyl (C=O) groups is 1. The summed E-state index contributed by atoms with van der Waals surface area (Å²) in [5.74, 6) is 2.62. The molecule has 3 aromatic heterocycles. The third-order valence-electron chi connectivity index (χ3n) is 5.63. The number of fused-ring (bicyclic) bond motifs is 1. The van der Waals surface area contributed by atoms with Gasteiger partial charge in [-0.05, 0) is 56.5 Å². The van der Waals surface area contributed by atoms with Crippen molar-refractivity contribution in [3.05, 3.63) is 54.0 Å². The van der Waals surface area contributed by atoms with E-state index in [0.717, 1.165) is 53.6 Å². The standard InChI is InChI=1S/C27H30N6O3S/c1-27(2,3)32-23(34)17-36-20-6-4-5-18(15-20)25-30-21-9-14-37-24(21)26(31-25)29-19-7-8-22(28-16-19)33-10-12-35-13-11-33/h4-9,14-16H,10-13,17H2,1-3H3,(H,32,34)(H,29,30,31). The lowest BCUT2D eigenvalue weighted by Crippen LogP contribution is -2.43. The zero-order valence-corrected chi connectivity index (χ0v) is 22.0. The molecular weight excluding hydrogens is 488 g/mol. The number of thiophene rings is 1. The molecule has 0 aliphatic carbocycles. The van der Waals surface area contributed by atoms with E-state index in [4.69, 9.17) is 19.4 Å². The summed E-state index contributed by atoms with van der Waals surface area (Å²) < 4.78 is 12.1. The van der Waals surface area contributed by atoms with Crippen molar-refractivity contribution in [3.8, 4) is 17.1 Å². The van der Waals surface area contributed by atoms with E-state index >= 15 is 0 Å². The minimum atomic E-state index is -0.312. The van der Waals surface area contributed by atoms with Gasteiger partial charge in [-0.3, -0.25) is 4.79 Å². The topological polar surface area (TPSA) is 102 Å². The SMILES string of the molecule is CC(C)(C)NC(=O)COc1cccc(-c2nc(Nc3ccc(N4CCOCC4)nc3)c3sccc3n2)c1. The number of ether oxygens (including phenoxy) is 2. The first-order chi connectivity index (χ1) is 17.8. The lowest BCUT2D eigenvalue weighted by Gasteiger charge is -2.27. The van der Waals surface area contributed by atoms with E-state index in [1.165, 1.54) is 0 Å². The number of aromatic nitrogens is 3. The number of rotatable bonds is 7. The molecule has 37 heavy (non-hydrogen) atoms. The van der Waals surface area contributed by atoms with Gasteiger partial charge in [0.25, 0.3) is 5.91 Å². The molecule has 1 amide bonds. The molecule has 0 spiro atoms. The summed E-state index contributed by atoms with van der Waals surface area (Å²) in [6, 6.07) is 13.5. The van der Waals surface area contributed by atoms with Crippen LogP contribution in [-0.4, -0.2) is 59.3 Å². The number of morpholine rings is 1. The van der Waals surface area contributed by atoms with Gasteiger partial charge in [0.05, 0.1) is 35.3 Å². The van der Waals surface area contributed by atoms with Gasteiger partial charge < -0.3 is 25.0 Å². The number of nitrogens with one attached hydrogen (secondary N) is 2. The second-order valence-corrected chi connectivity index (χ2v) is 10.7. The highest BCUT2D eigenvalue weighted by Crippen LogP contribution is 2.32. The maximum absolute atomic E-state index is 12.2. The number of hydrogen-bond acceptors (Lipinski definition) is 9. The van der Waals surface area contributed by atoms with Gasteiger partial charge in [0.1, 0.15) is 11.6 Å². The van der Waals surface area contributed by atoms with Gasteiger partial charge >= 0.3 is 0 Å². The number of hydrogen-bond donors (Lipinski definition) is 2. The van der Waals surface area contributed by atoms with Crippen molar-refractivity contribution in [2.45, 2.75) is 26.3 Å². The summed E-state index contributed by atoms with van der Waals surface area (Å²) in [6.45, 7) is 8.86. The fraction of sp³-hybridized carbons (Fsp3) is 0.333. The van der Waals surface area contributed by atoms with Crippen molar-refractivity contribution >= 4 is 44.8 Å². The molecule has 0 bridgehead atoms. The summed E-state index contributed by atoms with van der Waals surface area (Å²) in [4.78, 5) is 28.6. The predicted octanol–water partition coefficient (Wildman–Crippen LogP) is 4.63. The van der Waals surface area contributed by atoms with Crippen LogP contribution < -0.4 is 20.3 Å². The number of anilines is 3. The summed E-state index contributed by atoms with van der Waals surface area (Å²) in [6.07, 6.45) is 1.82. The lowest BCUT2D eigenvalue weighted by atomic mass is 10.1. The quantitative estimate of drug-likeness (QED) is 0.365. The molecule has 0 atom stereocenters. The van der Waals surface area contributed by atoms with E-state index < -0.39 is 0 Å². The first-order valence-electron chi connectivity index (χ1n) is 12.2. The molecule has 1 aromatic carbocycles. The zero-order chi connectivity index (χ0) is 25.8. The average molecular weight is 519 g/mol. The van der Waals surface area contributed by atoms with Crippen LogP contribution in [0.5, 0.6) is 5.75 Å². The molecule has 192 valence electrons. The molecular formula is C27H30N6O3S. The minimum absolute atomic E-state index is 0.0641. The molecule has 1 fully saturated rings. The van der Waals surface area contributed by atoms with Crippen molar-refractivity contribution in [2.75, 3.05) is 43.1 Å². The van der Waals surface area contributed by atoms with Gasteiger partial charge in [-0.1, -0.05) is 12.1 Å². The third-order valence-corrected chi connectivity index (χ3v) is 6.54. The highest BCUT2D eigenvalue weighted by molar-refractivity contribution is 7.17. The molecule has 10 heteroatoms. The fourth-order valence-electron chi connectivity index (χ4n) is 3.98. The monoisotopic (exact) mass is 518 g/mol. The van der Waals surface area contributed by atoms with Crippen molar-refractivity contribution in [3.63, 3.8) is 0 Å². The van der Waals surface area contributed by atoms with E-state index in [-0.39, 0.29) is 18.1 Å². The van der Waals surface area contributed by atoms with Crippen LogP contribution in [-0.2, 0) is 9.53 Å². The Morgan fingerprint density at radius 3 is 2.73 bits per heavy atom. The molecule has 0 saturated carbocycles. The van der Waals surface area contributed by atoms with Gasteiger partial charge in [-0.2, -0.15) is 0 Å². The maximum atomic E-state index is 12.2. The second-order valence-electron chi connectivity index (χ2n) is 9.77. The summed E-state index contributed by atoms with van der Waals surface area (Å²) in [5.41, 5.74) is 2.18. The van der Waals surface area contributed by atoms with Crippen LogP contribution in [0.1, 0.15) is 20.8 Å². The van der Waals surface area contributed by atoms with Gasteiger partial charge in [0.15, 0.2) is 18.2 Å². The van der Waals surface area contributed by atoms with Crippen molar-refractivity contribution in [2.24, 2.45) is 0 Å². The molecule has 4 heterocycles. The van der Waals surface area contributed by atoms with Crippen LogP contribution in [0.2, 0.25) is 0 Å². The summed E-state index contributed by atoms with van der Waals surface area (Å²) in [7, 11) is 0. The van der Waals surface area contributed by atoms with E-state index in [1.54, 1.807) is 11.3 Å². The van der Waals surface area contributed by atoms with Crippen LogP contribution in [0.4, 0.5) is 17.3 Å². The smallest absolute Gasteiger partial charge is 0.258 e. The van der Waals surface area contributed by atoms with Crippen LogP contribution in [0.15, 0.2) is 54.0 Å². The Kier molecular flexibility index (Phi) is 7.20. The normalized spacial score (nSPS) is 14.0. The molecule has 1 aliphatic heterocycles. The number of pyridine rings is 1. The molecule has 2 N–H and O–H groups in total. The molecule has 0 unspecified atom stereocenters. The van der Waals surface area contributed by atoms with Gasteiger partial charge in [-0.25, -0.2) is 15.0 Å². The van der Waals surface area contributed by atoms with Crippen LogP contribution in [0, 0.1) is 0 Å². The van der Waals surface area contributed by atoms with E-state index in [1.807, 2.05) is 74.8 Å². The number of nitrogens with zero attached hydrogens (tertiary/aromatic N) is 4. The second kappa shape index (κ2) is 10.7. The third kappa shape index (κ3) is 6.33. The molecule has 5 rings (SSSR count). The number of benzene rings is 1. The lowest BCUT2D eigenvalue weighted by molar-refractivity contribution is -0.124. The highest BCUT2D eigenvalue weighted by atomic mass is 32.1. The van der Waals surface area contributed by atoms with Crippen LogP contribution >= 0.6 is 11.3 Å². The summed E-state index contributed by atoms with van der Waals surface area (Å²) in [5, 5.41) is 8.32. The molecule has 1 saturated heterocycles. The van der Waals surface area contributed by atoms with Crippen molar-refractivity contribution in [1.82, 2.24) is 20.3 Å². The number of amides is 1. The van der Waals surface area contributed by atoms with Gasteiger partial charge in [-0.15, -0.1) is 11.3 Å². The van der Waals surface area contributed by atoms with E-state index in [0.29, 0.717) is 17.4 Å². The molecule has 0 radical (unpaired) electrons. The van der Waals surface area contributed by atoms with E-state index in [9.17, 15) is 4.79 Å². The maximum Gasteiger partial charge on any atom is 0.258 e. The van der Waals surface area contributed by atoms with Crippen LogP contribution in [0.25, 0.3) is 21.6 Å². The Hall–Kier alpha value is -3.76. The Morgan fingerprint density at radius 2 is 1.97 bits per heavy atom. The van der Waals surface area contributed by atoms with Crippen molar-refractivity contribution < 1.29 is 14.3 Å². The van der Waals surface area contributed by atoms with Crippen LogP contribution in [0.3, 0.4) is 0 Å². The number of carbonyl (C=O) groups excluding carboxylic acids is 1. The van der Waals surface area contributed by atoms with Gasteiger partial charge in [0, 0.05) is 24.2 Å². The van der Waals surface area contributed by atoms with Crippen molar-refractivity contribution in [1.29, 1.82) is 0 Å². The Labute approximate surface area is 219 Å². The zero-order valence-electron chi connectivity index (χ0n) is 21.2. The Bertz CT molecular complexity index is 1380.